The lowest BCUT2D eigenvalue weighted by molar-refractivity contribution is 0.980. The molecule has 0 amide bonds. The van der Waals surface area contributed by atoms with Gasteiger partial charge in [0.1, 0.15) is 21.3 Å². The van der Waals surface area contributed by atoms with Crippen LogP contribution in [0.3, 0.4) is 0 Å². The highest BCUT2D eigenvalue weighted by molar-refractivity contribution is 8.00. The Hall–Kier alpha value is -1.18. The van der Waals surface area contributed by atoms with Crippen LogP contribution in [0.15, 0.2) is 33.7 Å². The molecular weight excluding hydrogens is 296 g/mol. The van der Waals surface area contributed by atoms with Crippen molar-refractivity contribution in [3.8, 4) is 0 Å². The number of thioether (sulfide) groups is 1. The van der Waals surface area contributed by atoms with E-state index >= 15 is 0 Å². The minimum Gasteiger partial charge on any atom is -0.369 e. The Kier molecular flexibility index (Phi) is 4.27. The van der Waals surface area contributed by atoms with E-state index in [0.29, 0.717) is 0 Å². The zero-order valence-corrected chi connectivity index (χ0v) is 12.5. The molecule has 0 aliphatic heterocycles. The lowest BCUT2D eigenvalue weighted by Gasteiger charge is -2.05. The van der Waals surface area contributed by atoms with Gasteiger partial charge in [-0.1, -0.05) is 11.8 Å². The highest BCUT2D eigenvalue weighted by Crippen LogP contribution is 2.24. The Balaban J connectivity index is 1.48. The third kappa shape index (κ3) is 3.23. The van der Waals surface area contributed by atoms with Crippen LogP contribution in [-0.2, 0) is 0 Å². The van der Waals surface area contributed by atoms with Gasteiger partial charge in [0.25, 0.3) is 0 Å². The predicted octanol–water partition coefficient (Wildman–Crippen LogP) is 3.74. The lowest BCUT2D eigenvalue weighted by Crippen LogP contribution is -2.04. The third-order valence-electron chi connectivity index (χ3n) is 2.51. The molecule has 0 spiro atoms. The van der Waals surface area contributed by atoms with Crippen molar-refractivity contribution in [2.24, 2.45) is 0 Å². The summed E-state index contributed by atoms with van der Waals surface area (Å²) in [6, 6.07) is 2.06. The van der Waals surface area contributed by atoms with Crippen molar-refractivity contribution in [1.82, 2.24) is 15.0 Å². The molecule has 0 aromatic carbocycles. The summed E-state index contributed by atoms with van der Waals surface area (Å²) in [5.41, 5.74) is 0. The van der Waals surface area contributed by atoms with Crippen molar-refractivity contribution in [3.05, 3.63) is 29.4 Å². The molecule has 3 aromatic rings. The second kappa shape index (κ2) is 6.31. The van der Waals surface area contributed by atoms with Gasteiger partial charge in [0.15, 0.2) is 0 Å². The Morgan fingerprint density at radius 1 is 1.16 bits per heavy atom. The second-order valence-electron chi connectivity index (χ2n) is 3.79. The van der Waals surface area contributed by atoms with Gasteiger partial charge in [-0.3, -0.25) is 0 Å². The molecule has 0 aliphatic carbocycles. The van der Waals surface area contributed by atoms with Gasteiger partial charge in [-0.15, -0.1) is 22.7 Å². The Bertz CT molecular complexity index is 635. The third-order valence-corrected chi connectivity index (χ3v) is 5.38. The van der Waals surface area contributed by atoms with Crippen LogP contribution in [-0.4, -0.2) is 27.2 Å². The van der Waals surface area contributed by atoms with E-state index in [4.69, 9.17) is 0 Å². The Morgan fingerprint density at radius 3 is 3.05 bits per heavy atom. The van der Waals surface area contributed by atoms with E-state index in [-0.39, 0.29) is 0 Å². The molecule has 3 heterocycles. The summed E-state index contributed by atoms with van der Waals surface area (Å²) in [5, 5.41) is 8.54. The average Bonchev–Trinajstić information content (AvgIpc) is 3.09. The molecular formula is C12H12N4S3. The molecule has 0 bridgehead atoms. The average molecular weight is 308 g/mol. The van der Waals surface area contributed by atoms with E-state index in [0.717, 1.165) is 39.1 Å². The molecule has 7 heteroatoms. The molecule has 0 unspecified atom stereocenters. The zero-order chi connectivity index (χ0) is 12.9. The number of nitrogens with zero attached hydrogens (tertiary/aromatic N) is 3. The zero-order valence-electron chi connectivity index (χ0n) is 10.1. The number of fused-ring (bicyclic) bond motifs is 1. The second-order valence-corrected chi connectivity index (χ2v) is 6.92. The van der Waals surface area contributed by atoms with E-state index < -0.39 is 0 Å². The smallest absolute Gasteiger partial charge is 0.149 e. The monoisotopic (exact) mass is 308 g/mol. The first-order chi connectivity index (χ1) is 9.43. The van der Waals surface area contributed by atoms with Gasteiger partial charge < -0.3 is 5.32 Å². The highest BCUT2D eigenvalue weighted by atomic mass is 32.2. The molecule has 0 radical (unpaired) electrons. The number of hydrogen-bond acceptors (Lipinski definition) is 7. The maximum Gasteiger partial charge on any atom is 0.149 e. The van der Waals surface area contributed by atoms with Gasteiger partial charge in [0.2, 0.25) is 0 Å². The standard InChI is InChI=1S/C12H12N4S3/c1(5-18-12-14-4-7-19-12)3-13-10-9-2-6-17-11(9)16-8-15-10/h2,4,6-8H,1,3,5H2,(H,13,15,16). The largest absolute Gasteiger partial charge is 0.369 e. The fraction of sp³-hybridized carbons (Fsp3) is 0.250. The minimum absolute atomic E-state index is 0.917. The lowest BCUT2D eigenvalue weighted by atomic mass is 10.3. The van der Waals surface area contributed by atoms with Crippen LogP contribution in [0.25, 0.3) is 10.2 Å². The first-order valence-electron chi connectivity index (χ1n) is 5.88. The molecule has 3 rings (SSSR count). The van der Waals surface area contributed by atoms with Crippen molar-refractivity contribution in [3.63, 3.8) is 0 Å². The topological polar surface area (TPSA) is 50.7 Å². The van der Waals surface area contributed by atoms with Crippen molar-refractivity contribution in [1.29, 1.82) is 0 Å². The number of thiazole rings is 1. The van der Waals surface area contributed by atoms with Crippen molar-refractivity contribution < 1.29 is 0 Å². The summed E-state index contributed by atoms with van der Waals surface area (Å²) in [6.07, 6.45) is 4.55. The van der Waals surface area contributed by atoms with Crippen LogP contribution in [0.1, 0.15) is 6.42 Å². The summed E-state index contributed by atoms with van der Waals surface area (Å²) in [6.45, 7) is 0.917. The van der Waals surface area contributed by atoms with E-state index in [9.17, 15) is 0 Å². The molecule has 3 aromatic heterocycles. The van der Waals surface area contributed by atoms with E-state index in [1.54, 1.807) is 40.8 Å². The molecule has 0 atom stereocenters. The van der Waals surface area contributed by atoms with Gasteiger partial charge >= 0.3 is 0 Å². The molecule has 19 heavy (non-hydrogen) atoms. The Labute approximate surface area is 123 Å². The molecule has 0 aliphatic rings. The van der Waals surface area contributed by atoms with Crippen LogP contribution < -0.4 is 5.32 Å². The Morgan fingerprint density at radius 2 is 2.16 bits per heavy atom. The highest BCUT2D eigenvalue weighted by Gasteiger charge is 2.03. The van der Waals surface area contributed by atoms with Gasteiger partial charge in [0.05, 0.1) is 5.39 Å². The number of nitrogens with one attached hydrogen (secondary N) is 1. The van der Waals surface area contributed by atoms with Crippen LogP contribution in [0.4, 0.5) is 5.82 Å². The summed E-state index contributed by atoms with van der Waals surface area (Å²) in [7, 11) is 0. The SMILES string of the molecule is c1csc(SCCCNc2ncnc3sccc23)n1. The molecule has 1 N–H and O–H groups in total. The normalized spacial score (nSPS) is 10.9. The van der Waals surface area contributed by atoms with Gasteiger partial charge in [-0.25, -0.2) is 15.0 Å². The summed E-state index contributed by atoms with van der Waals surface area (Å²) in [4.78, 5) is 13.8. The fourth-order valence-electron chi connectivity index (χ4n) is 1.65. The summed E-state index contributed by atoms with van der Waals surface area (Å²) >= 11 is 5.14. The number of anilines is 1. The molecule has 0 fully saturated rings. The van der Waals surface area contributed by atoms with Gasteiger partial charge in [-0.05, 0) is 17.9 Å². The van der Waals surface area contributed by atoms with Crippen LogP contribution in [0.2, 0.25) is 0 Å². The van der Waals surface area contributed by atoms with Crippen LogP contribution in [0, 0.1) is 0 Å². The predicted molar refractivity (Wildman–Crippen MR) is 83.4 cm³/mol. The van der Waals surface area contributed by atoms with E-state index in [1.165, 1.54) is 0 Å². The van der Waals surface area contributed by atoms with Crippen molar-refractivity contribution in [2.75, 3.05) is 17.6 Å². The number of rotatable bonds is 6. The van der Waals surface area contributed by atoms with Gasteiger partial charge in [-0.2, -0.15) is 0 Å². The summed E-state index contributed by atoms with van der Waals surface area (Å²) in [5.74, 6) is 2.00. The van der Waals surface area contributed by atoms with Crippen LogP contribution in [0.5, 0.6) is 0 Å². The fourth-order valence-corrected chi connectivity index (χ4v) is 4.03. The quantitative estimate of drug-likeness (QED) is 0.555. The van der Waals surface area contributed by atoms with Crippen LogP contribution >= 0.6 is 34.4 Å². The minimum atomic E-state index is 0.917. The van der Waals surface area contributed by atoms with Gasteiger partial charge in [0, 0.05) is 23.9 Å². The van der Waals surface area contributed by atoms with E-state index in [2.05, 4.69) is 26.3 Å². The van der Waals surface area contributed by atoms with Crippen molar-refractivity contribution in [2.45, 2.75) is 10.8 Å². The number of aromatic nitrogens is 3. The number of thiophene rings is 1. The first-order valence-corrected chi connectivity index (χ1v) is 8.62. The maximum atomic E-state index is 4.29. The summed E-state index contributed by atoms with van der Waals surface area (Å²) < 4.78 is 1.14. The first kappa shape index (κ1) is 12.8. The number of hydrogen-bond donors (Lipinski definition) is 1. The van der Waals surface area contributed by atoms with E-state index in [1.807, 2.05) is 17.0 Å². The molecule has 0 saturated heterocycles. The van der Waals surface area contributed by atoms with Crippen molar-refractivity contribution >= 4 is 50.5 Å². The molecule has 0 saturated carbocycles. The molecule has 98 valence electrons. The maximum absolute atomic E-state index is 4.29. The molecule has 4 nitrogen and oxygen atoms in total.